The van der Waals surface area contributed by atoms with Crippen LogP contribution in [0.15, 0.2) is 78.4 Å². The summed E-state index contributed by atoms with van der Waals surface area (Å²) < 4.78 is 63.9. The number of alkyl halides is 3. The van der Waals surface area contributed by atoms with E-state index in [0.717, 1.165) is 12.7 Å². The summed E-state index contributed by atoms with van der Waals surface area (Å²) in [6.07, 6.45) is -13.7. The van der Waals surface area contributed by atoms with Gasteiger partial charge in [0.05, 0.1) is 26.4 Å². The molecule has 2 aliphatic rings. The van der Waals surface area contributed by atoms with Gasteiger partial charge in [-0.2, -0.15) is 0 Å². The predicted molar refractivity (Wildman–Crippen MR) is 231 cm³/mol. The Labute approximate surface area is 381 Å². The average Bonchev–Trinajstić information content (AvgIpc) is 3.22. The van der Waals surface area contributed by atoms with Crippen molar-refractivity contribution in [2.45, 2.75) is 124 Å². The molecule has 1 N–H and O–H groups in total. The maximum absolute atomic E-state index is 13.8. The maximum Gasteiger partial charge on any atom is 0.509 e. The lowest BCUT2D eigenvalue weighted by Gasteiger charge is -2.50. The Bertz CT molecular complexity index is 1900. The summed E-state index contributed by atoms with van der Waals surface area (Å²) >= 11 is 17.9. The summed E-state index contributed by atoms with van der Waals surface area (Å²) in [7, 11) is -1.64. The smallest absolute Gasteiger partial charge is 0.467 e. The van der Waals surface area contributed by atoms with Crippen molar-refractivity contribution in [2.24, 2.45) is 5.11 Å². The van der Waals surface area contributed by atoms with Crippen molar-refractivity contribution in [1.29, 1.82) is 5.41 Å². The van der Waals surface area contributed by atoms with E-state index in [-0.39, 0.29) is 31.5 Å². The van der Waals surface area contributed by atoms with E-state index in [2.05, 4.69) is 16.6 Å². The SMILES string of the molecule is C=CCOC(=O)O[C@H]1[C@@H](OC(=N)C(Cl)(Cl)Cl)O[C@H](C(=O)OC)[C@@H](O[C@H]2O[C@H](COC(C)=O)[C@@H](O[Si](C)(C)C(C)(C)C)[C@H](OCc3ccccc3)[C@H]2N=[N+]=[N-])[C@@H]1OCc1ccccc1. The minimum Gasteiger partial charge on any atom is -0.467 e. The summed E-state index contributed by atoms with van der Waals surface area (Å²) in [5, 5.41) is 12.1. The molecule has 4 rings (SSSR count). The van der Waals surface area contributed by atoms with Crippen molar-refractivity contribution in [3.63, 3.8) is 0 Å². The summed E-state index contributed by atoms with van der Waals surface area (Å²) in [5.41, 5.74) is 11.5. The van der Waals surface area contributed by atoms with Gasteiger partial charge < -0.3 is 51.8 Å². The molecule has 0 saturated carbocycles. The van der Waals surface area contributed by atoms with E-state index in [4.69, 9.17) is 92.0 Å². The van der Waals surface area contributed by atoms with Gasteiger partial charge in [-0.15, -0.1) is 0 Å². The van der Waals surface area contributed by atoms with Crippen LogP contribution in [-0.4, -0.2) is 118 Å². The minimum absolute atomic E-state index is 0.00434. The van der Waals surface area contributed by atoms with Crippen molar-refractivity contribution < 1.29 is 66.2 Å². The number of methoxy groups -OCH3 is 1. The van der Waals surface area contributed by atoms with Crippen LogP contribution >= 0.6 is 34.8 Å². The van der Waals surface area contributed by atoms with Gasteiger partial charge in [0.2, 0.25) is 12.2 Å². The highest BCUT2D eigenvalue weighted by molar-refractivity contribution is 6.76. The quantitative estimate of drug-likeness (QED) is 0.0143. The lowest BCUT2D eigenvalue weighted by molar-refractivity contribution is -0.339. The molecule has 2 fully saturated rings. The van der Waals surface area contributed by atoms with Crippen LogP contribution < -0.4 is 0 Å². The lowest BCUT2D eigenvalue weighted by atomic mass is 9.95. The van der Waals surface area contributed by atoms with Crippen molar-refractivity contribution in [3.8, 4) is 0 Å². The third-order valence-electron chi connectivity index (χ3n) is 10.3. The van der Waals surface area contributed by atoms with E-state index in [1.807, 2.05) is 64.2 Å². The number of benzene rings is 2. The van der Waals surface area contributed by atoms with Gasteiger partial charge >= 0.3 is 18.1 Å². The maximum atomic E-state index is 13.8. The molecule has 0 aromatic heterocycles. The van der Waals surface area contributed by atoms with E-state index in [1.165, 1.54) is 13.0 Å². The first-order valence-electron chi connectivity index (χ1n) is 19.7. The van der Waals surface area contributed by atoms with Crippen LogP contribution in [0.5, 0.6) is 0 Å². The van der Waals surface area contributed by atoms with Crippen LogP contribution in [0.2, 0.25) is 18.1 Å². The number of hydrogen-bond acceptors (Lipinski definition) is 16. The predicted octanol–water partition coefficient (Wildman–Crippen LogP) is 7.87. The standard InChI is InChI=1S/C41H53Cl3N4O14Si/c1-9-20-53-39(51)60-34-31(56-22-26-18-14-11-15-19-26)32(33(35(50)52-6)59-37(34)61-38(45)41(42,43)44)58-36-28(47-48-46)30(55-21-25-16-12-10-13-17-25)29(27(57-36)23-54-24(2)49)62-63(7,8)40(3,4)5/h9-19,27-34,36-37,45H,1,20-23H2,2-8H3/t27-,28-,29-,30-,31+,32+,33+,34-,36-,37-/m1/s1. The van der Waals surface area contributed by atoms with E-state index in [0.29, 0.717) is 5.56 Å². The first kappa shape index (κ1) is 51.6. The van der Waals surface area contributed by atoms with Crippen LogP contribution in [0.25, 0.3) is 10.4 Å². The number of carbonyl (C=O) groups excluding carboxylic acids is 3. The van der Waals surface area contributed by atoms with Crippen LogP contribution in [0, 0.1) is 5.41 Å². The second-order valence-electron chi connectivity index (χ2n) is 15.8. The molecule has 346 valence electrons. The van der Waals surface area contributed by atoms with Gasteiger partial charge in [0.25, 0.3) is 3.79 Å². The van der Waals surface area contributed by atoms with Gasteiger partial charge in [-0.1, -0.05) is 134 Å². The third kappa shape index (κ3) is 14.5. The molecule has 0 amide bonds. The molecule has 2 aromatic carbocycles. The first-order chi connectivity index (χ1) is 29.7. The third-order valence-corrected chi connectivity index (χ3v) is 15.3. The molecule has 0 aliphatic carbocycles. The largest absolute Gasteiger partial charge is 0.509 e. The Hall–Kier alpha value is -3.98. The molecular weight excluding hydrogens is 907 g/mol. The van der Waals surface area contributed by atoms with Gasteiger partial charge in [-0.25, -0.2) is 9.59 Å². The normalized spacial score (nSPS) is 26.3. The molecule has 63 heavy (non-hydrogen) atoms. The van der Waals surface area contributed by atoms with E-state index in [1.54, 1.807) is 30.3 Å². The first-order valence-corrected chi connectivity index (χ1v) is 23.7. The number of ether oxygens (including phenoxy) is 10. The van der Waals surface area contributed by atoms with E-state index in [9.17, 15) is 19.9 Å². The van der Waals surface area contributed by atoms with Crippen LogP contribution in [0.4, 0.5) is 4.79 Å². The number of nitrogens with one attached hydrogen (secondary N) is 1. The summed E-state index contributed by atoms with van der Waals surface area (Å²) in [6.45, 7) is 14.0. The number of halogens is 3. The highest BCUT2D eigenvalue weighted by atomic mass is 35.6. The molecule has 2 aliphatic heterocycles. The Balaban J connectivity index is 1.91. The number of nitrogens with zero attached hydrogens (tertiary/aromatic N) is 3. The molecule has 18 nitrogen and oxygen atoms in total. The van der Waals surface area contributed by atoms with Crippen LogP contribution in [0.3, 0.4) is 0 Å². The van der Waals surface area contributed by atoms with E-state index >= 15 is 0 Å². The molecule has 10 atom stereocenters. The molecule has 22 heteroatoms. The molecule has 2 saturated heterocycles. The monoisotopic (exact) mass is 958 g/mol. The molecule has 0 bridgehead atoms. The van der Waals surface area contributed by atoms with Gasteiger partial charge in [0.1, 0.15) is 43.7 Å². The zero-order valence-corrected chi connectivity index (χ0v) is 39.1. The summed E-state index contributed by atoms with van der Waals surface area (Å²) in [5.74, 6) is -2.66. The van der Waals surface area contributed by atoms with Crippen LogP contribution in [0.1, 0.15) is 38.8 Å². The van der Waals surface area contributed by atoms with Gasteiger partial charge in [-0.3, -0.25) is 10.2 Å². The van der Waals surface area contributed by atoms with Crippen LogP contribution in [-0.2, 0) is 74.6 Å². The van der Waals surface area contributed by atoms with Gasteiger partial charge in [0, 0.05) is 11.8 Å². The fraction of sp³-hybridized carbons (Fsp3) is 0.561. The molecule has 0 spiro atoms. The lowest BCUT2D eigenvalue weighted by Crippen LogP contribution is -2.67. The fourth-order valence-electron chi connectivity index (χ4n) is 6.19. The number of azide groups is 1. The number of carbonyl (C=O) groups is 3. The zero-order valence-electron chi connectivity index (χ0n) is 35.9. The molecule has 2 aromatic rings. The number of esters is 2. The van der Waals surface area contributed by atoms with Gasteiger partial charge in [0.15, 0.2) is 26.8 Å². The average molecular weight is 960 g/mol. The Morgan fingerprint density at radius 3 is 1.97 bits per heavy atom. The molecular formula is C41H53Cl3N4O14Si. The Morgan fingerprint density at radius 2 is 1.46 bits per heavy atom. The van der Waals surface area contributed by atoms with Crippen molar-refractivity contribution in [2.75, 3.05) is 20.3 Å². The highest BCUT2D eigenvalue weighted by Crippen LogP contribution is 2.42. The van der Waals surface area contributed by atoms with Crippen molar-refractivity contribution >= 4 is 67.1 Å². The molecule has 0 radical (unpaired) electrons. The van der Waals surface area contributed by atoms with Crippen molar-refractivity contribution in [1.82, 2.24) is 0 Å². The highest BCUT2D eigenvalue weighted by Gasteiger charge is 2.58. The van der Waals surface area contributed by atoms with Crippen molar-refractivity contribution in [3.05, 3.63) is 94.9 Å². The summed E-state index contributed by atoms with van der Waals surface area (Å²) in [6, 6.07) is 16.6. The number of hydrogen-bond donors (Lipinski definition) is 1. The molecule has 2 heterocycles. The number of rotatable bonds is 18. The minimum atomic E-state index is -2.71. The fourth-order valence-corrected chi connectivity index (χ4v) is 7.64. The second-order valence-corrected chi connectivity index (χ2v) is 22.9. The summed E-state index contributed by atoms with van der Waals surface area (Å²) in [4.78, 5) is 42.4. The Morgan fingerprint density at radius 1 is 0.873 bits per heavy atom. The zero-order chi connectivity index (χ0) is 46.5. The topological polar surface area (TPSA) is 225 Å². The Kier molecular flexibility index (Phi) is 19.1. The van der Waals surface area contributed by atoms with E-state index < -0.39 is 97.5 Å². The molecule has 0 unspecified atom stereocenters. The second kappa shape index (κ2) is 23.3. The van der Waals surface area contributed by atoms with Gasteiger partial charge in [-0.05, 0) is 34.8 Å².